The highest BCUT2D eigenvalue weighted by atomic mass is 16.5. The summed E-state index contributed by atoms with van der Waals surface area (Å²) in [6, 6.07) is 29.9. The summed E-state index contributed by atoms with van der Waals surface area (Å²) in [6.07, 6.45) is 4.24. The Balaban J connectivity index is 1.38. The molecule has 1 aliphatic heterocycles. The Morgan fingerprint density at radius 3 is 1.58 bits per heavy atom. The van der Waals surface area contributed by atoms with Crippen molar-refractivity contribution in [2.24, 2.45) is 11.8 Å². The predicted molar refractivity (Wildman–Crippen MR) is 127 cm³/mol. The second-order valence-electron chi connectivity index (χ2n) is 8.68. The lowest BCUT2D eigenvalue weighted by Gasteiger charge is -2.32. The number of hydrogen-bond acceptors (Lipinski definition) is 3. The van der Waals surface area contributed by atoms with Crippen LogP contribution in [0.25, 0.3) is 0 Å². The van der Waals surface area contributed by atoms with Crippen LogP contribution in [0.2, 0.25) is 0 Å². The van der Waals surface area contributed by atoms with Gasteiger partial charge in [-0.15, -0.1) is 0 Å². The highest BCUT2D eigenvalue weighted by Gasteiger charge is 2.54. The van der Waals surface area contributed by atoms with E-state index in [0.29, 0.717) is 13.2 Å². The molecule has 1 fully saturated rings. The normalized spacial score (nSPS) is 24.2. The molecule has 4 nitrogen and oxygen atoms in total. The van der Waals surface area contributed by atoms with E-state index in [1.807, 2.05) is 91.0 Å². The monoisotopic (exact) mass is 437 g/mol. The first-order valence-electron chi connectivity index (χ1n) is 11.5. The minimum atomic E-state index is -0.399. The first-order chi connectivity index (χ1) is 16.2. The van der Waals surface area contributed by atoms with Gasteiger partial charge in [0.25, 0.3) is 0 Å². The first kappa shape index (κ1) is 21.4. The van der Waals surface area contributed by atoms with E-state index in [0.717, 1.165) is 16.7 Å². The maximum Gasteiger partial charge on any atom is 0.234 e. The number of hydrogen-bond donors (Lipinski definition) is 0. The third-order valence-corrected chi connectivity index (χ3v) is 6.73. The molecule has 2 aliphatic rings. The molecule has 1 saturated heterocycles. The first-order valence-corrected chi connectivity index (χ1v) is 11.5. The lowest BCUT2D eigenvalue weighted by atomic mass is 9.68. The maximum atomic E-state index is 13.6. The fourth-order valence-corrected chi connectivity index (χ4v) is 5.14. The third-order valence-electron chi connectivity index (χ3n) is 6.73. The van der Waals surface area contributed by atoms with Crippen molar-refractivity contribution in [2.75, 3.05) is 13.2 Å². The molecule has 3 aromatic rings. The van der Waals surface area contributed by atoms with Crippen molar-refractivity contribution in [3.8, 4) is 0 Å². The van der Waals surface area contributed by atoms with Crippen LogP contribution in [0.4, 0.5) is 0 Å². The third kappa shape index (κ3) is 4.27. The molecule has 4 atom stereocenters. The molecule has 166 valence electrons. The smallest absolute Gasteiger partial charge is 0.234 e. The molecular formula is C29H27NO3. The minimum absolute atomic E-state index is 0.0903. The van der Waals surface area contributed by atoms with Crippen molar-refractivity contribution >= 4 is 11.8 Å². The van der Waals surface area contributed by atoms with Crippen molar-refractivity contribution in [3.05, 3.63) is 120 Å². The molecule has 1 aliphatic carbocycles. The van der Waals surface area contributed by atoms with Gasteiger partial charge in [0.2, 0.25) is 11.8 Å². The van der Waals surface area contributed by atoms with Crippen LogP contribution < -0.4 is 0 Å². The molecule has 0 spiro atoms. The minimum Gasteiger partial charge on any atom is -0.375 e. The van der Waals surface area contributed by atoms with E-state index in [-0.39, 0.29) is 30.2 Å². The number of benzene rings is 3. The van der Waals surface area contributed by atoms with Gasteiger partial charge in [0.1, 0.15) is 0 Å². The van der Waals surface area contributed by atoms with Gasteiger partial charge in [0.15, 0.2) is 0 Å². The lowest BCUT2D eigenvalue weighted by Crippen LogP contribution is -2.34. The zero-order valence-electron chi connectivity index (χ0n) is 18.4. The summed E-state index contributed by atoms with van der Waals surface area (Å²) in [5.41, 5.74) is 3.21. The summed E-state index contributed by atoms with van der Waals surface area (Å²) in [7, 11) is 0. The second kappa shape index (κ2) is 9.55. The van der Waals surface area contributed by atoms with Gasteiger partial charge in [0.05, 0.1) is 31.6 Å². The van der Waals surface area contributed by atoms with Crippen LogP contribution >= 0.6 is 0 Å². The zero-order valence-corrected chi connectivity index (χ0v) is 18.4. The van der Waals surface area contributed by atoms with E-state index in [2.05, 4.69) is 12.2 Å². The molecule has 1 heterocycles. The van der Waals surface area contributed by atoms with Gasteiger partial charge in [-0.1, -0.05) is 103 Å². The quantitative estimate of drug-likeness (QED) is 0.299. The van der Waals surface area contributed by atoms with Gasteiger partial charge in [-0.3, -0.25) is 14.5 Å². The highest BCUT2D eigenvalue weighted by molar-refractivity contribution is 6.06. The van der Waals surface area contributed by atoms with Crippen molar-refractivity contribution in [3.63, 3.8) is 0 Å². The Labute approximate surface area is 194 Å². The number of carbonyl (C=O) groups is 2. The van der Waals surface area contributed by atoms with Gasteiger partial charge >= 0.3 is 0 Å². The number of nitrogens with zero attached hydrogens (tertiary/aromatic N) is 1. The summed E-state index contributed by atoms with van der Waals surface area (Å²) >= 11 is 0. The number of likely N-dealkylation sites (tertiary alicyclic amines) is 1. The van der Waals surface area contributed by atoms with Gasteiger partial charge in [-0.2, -0.15) is 0 Å². The lowest BCUT2D eigenvalue weighted by molar-refractivity contribution is -0.140. The molecule has 0 N–H and O–H groups in total. The highest BCUT2D eigenvalue weighted by Crippen LogP contribution is 2.49. The number of carbonyl (C=O) groups excluding carboxylic acids is 2. The van der Waals surface area contributed by atoms with Crippen molar-refractivity contribution in [1.29, 1.82) is 0 Å². The van der Waals surface area contributed by atoms with E-state index >= 15 is 0 Å². The van der Waals surface area contributed by atoms with Crippen LogP contribution in [0.5, 0.6) is 0 Å². The molecule has 0 aromatic heterocycles. The summed E-state index contributed by atoms with van der Waals surface area (Å²) in [5, 5.41) is 0. The fraction of sp³-hybridized carbons (Fsp3) is 0.241. The molecule has 3 aromatic carbocycles. The van der Waals surface area contributed by atoms with Crippen LogP contribution in [0.15, 0.2) is 103 Å². The molecule has 0 bridgehead atoms. The van der Waals surface area contributed by atoms with Crippen LogP contribution in [0.3, 0.4) is 0 Å². The average molecular weight is 438 g/mol. The molecule has 33 heavy (non-hydrogen) atoms. The Hall–Kier alpha value is -3.50. The van der Waals surface area contributed by atoms with Crippen LogP contribution in [0, 0.1) is 11.8 Å². The Morgan fingerprint density at radius 1 is 0.636 bits per heavy atom. The summed E-state index contributed by atoms with van der Waals surface area (Å²) in [6.45, 7) is 1.07. The van der Waals surface area contributed by atoms with Gasteiger partial charge in [-0.05, 0) is 16.7 Å². The van der Waals surface area contributed by atoms with Crippen LogP contribution in [-0.4, -0.2) is 29.9 Å². The predicted octanol–water partition coefficient (Wildman–Crippen LogP) is 4.94. The zero-order chi connectivity index (χ0) is 22.6. The summed E-state index contributed by atoms with van der Waals surface area (Å²) < 4.78 is 5.79. The Morgan fingerprint density at radius 2 is 1.09 bits per heavy atom. The van der Waals surface area contributed by atoms with E-state index < -0.39 is 11.8 Å². The largest absolute Gasteiger partial charge is 0.375 e. The number of amides is 2. The number of allylic oxidation sites excluding steroid dienone is 2. The number of imide groups is 1. The summed E-state index contributed by atoms with van der Waals surface area (Å²) in [5.74, 6) is -1.20. The van der Waals surface area contributed by atoms with Crippen molar-refractivity contribution in [1.82, 2.24) is 4.90 Å². The molecule has 0 saturated carbocycles. The van der Waals surface area contributed by atoms with E-state index in [4.69, 9.17) is 4.74 Å². The van der Waals surface area contributed by atoms with Crippen LogP contribution in [0.1, 0.15) is 28.5 Å². The average Bonchev–Trinajstić information content (AvgIpc) is 3.13. The molecule has 4 heteroatoms. The fourth-order valence-electron chi connectivity index (χ4n) is 5.14. The van der Waals surface area contributed by atoms with Crippen LogP contribution in [-0.2, 0) is 20.9 Å². The standard InChI is InChI=1S/C29H27NO3/c31-28-26-24(22-12-6-2-7-13-22)16-17-25(23-14-8-3-9-15-23)27(26)29(32)30(28)18-19-33-20-21-10-4-1-5-11-21/h1-17,24-27H,18-20H2/t24-,25-,26+,27+/m0/s1. The van der Waals surface area contributed by atoms with E-state index in [1.165, 1.54) is 4.90 Å². The van der Waals surface area contributed by atoms with Gasteiger partial charge in [-0.25, -0.2) is 0 Å². The van der Waals surface area contributed by atoms with Gasteiger partial charge < -0.3 is 4.74 Å². The van der Waals surface area contributed by atoms with E-state index in [9.17, 15) is 9.59 Å². The van der Waals surface area contributed by atoms with Crippen molar-refractivity contribution < 1.29 is 14.3 Å². The molecule has 5 rings (SSSR count). The topological polar surface area (TPSA) is 46.6 Å². The van der Waals surface area contributed by atoms with Crippen molar-refractivity contribution in [2.45, 2.75) is 18.4 Å². The molecule has 2 amide bonds. The molecule has 0 radical (unpaired) electrons. The SMILES string of the molecule is O=C1[C@H]2[C@H](C(=O)N1CCOCc1ccccc1)[C@H](c1ccccc1)C=C[C@H]2c1ccccc1. The number of ether oxygens (including phenoxy) is 1. The Kier molecular flexibility index (Phi) is 6.18. The van der Waals surface area contributed by atoms with Gasteiger partial charge in [0, 0.05) is 11.8 Å². The second-order valence-corrected chi connectivity index (χ2v) is 8.68. The number of rotatable bonds is 7. The molecule has 0 unspecified atom stereocenters. The maximum absolute atomic E-state index is 13.6. The molecular weight excluding hydrogens is 410 g/mol. The summed E-state index contributed by atoms with van der Waals surface area (Å²) in [4.78, 5) is 28.6. The van der Waals surface area contributed by atoms with E-state index in [1.54, 1.807) is 0 Å². The Bertz CT molecular complexity index is 1060. The number of fused-ring (bicyclic) bond motifs is 1.